The number of nitrogens with zero attached hydrogens (tertiary/aromatic N) is 3. The van der Waals surface area contributed by atoms with Gasteiger partial charge in [-0.3, -0.25) is 10.1 Å². The van der Waals surface area contributed by atoms with Gasteiger partial charge >= 0.3 is 5.89 Å². The molecule has 1 unspecified atom stereocenters. The molecule has 16 heavy (non-hydrogen) atoms. The molecule has 0 aliphatic rings. The van der Waals surface area contributed by atoms with E-state index in [-0.39, 0.29) is 5.89 Å². The predicted molar refractivity (Wildman–Crippen MR) is 55.1 cm³/mol. The maximum absolute atomic E-state index is 10.5. The van der Waals surface area contributed by atoms with Crippen molar-refractivity contribution < 1.29 is 9.45 Å². The number of aromatic nitrogens is 2. The van der Waals surface area contributed by atoms with Gasteiger partial charge in [0.15, 0.2) is 0 Å². The van der Waals surface area contributed by atoms with Crippen molar-refractivity contribution in [3.63, 3.8) is 0 Å². The summed E-state index contributed by atoms with van der Waals surface area (Å²) in [5.74, 6) is 0.383. The number of hydrogen-bond acceptors (Lipinski definition) is 5. The Morgan fingerprint density at radius 1 is 1.38 bits per heavy atom. The highest BCUT2D eigenvalue weighted by atomic mass is 16.6. The maximum Gasteiger partial charge on any atom is 0.301 e. The van der Waals surface area contributed by atoms with Crippen LogP contribution in [0.25, 0.3) is 11.4 Å². The smallest absolute Gasteiger partial charge is 0.301 e. The molecular weight excluding hydrogens is 210 g/mol. The van der Waals surface area contributed by atoms with Crippen molar-refractivity contribution in [1.82, 2.24) is 10.1 Å². The largest absolute Gasteiger partial charge is 0.331 e. The van der Waals surface area contributed by atoms with E-state index in [0.29, 0.717) is 5.82 Å². The first-order valence-corrected chi connectivity index (χ1v) is 4.71. The molecule has 0 aliphatic heterocycles. The van der Waals surface area contributed by atoms with Crippen LogP contribution >= 0.6 is 0 Å². The van der Waals surface area contributed by atoms with Crippen LogP contribution in [0.1, 0.15) is 18.9 Å². The van der Waals surface area contributed by atoms with Gasteiger partial charge in [-0.25, -0.2) is 0 Å². The molecule has 0 amide bonds. The molecule has 2 rings (SSSR count). The van der Waals surface area contributed by atoms with Crippen LogP contribution in [0, 0.1) is 10.1 Å². The fourth-order valence-corrected chi connectivity index (χ4v) is 1.20. The fraction of sp³-hybridized carbons (Fsp3) is 0.200. The monoisotopic (exact) mass is 219 g/mol. The lowest BCUT2D eigenvalue weighted by Gasteiger charge is -1.94. The molecule has 1 aromatic heterocycles. The minimum absolute atomic E-state index is 0.0175. The van der Waals surface area contributed by atoms with Crippen LogP contribution in [-0.4, -0.2) is 15.1 Å². The first kappa shape index (κ1) is 10.3. The minimum atomic E-state index is -0.982. The van der Waals surface area contributed by atoms with Crippen molar-refractivity contribution in [3.8, 4) is 11.4 Å². The van der Waals surface area contributed by atoms with Crippen molar-refractivity contribution >= 4 is 0 Å². The third-order valence-corrected chi connectivity index (χ3v) is 2.15. The van der Waals surface area contributed by atoms with Gasteiger partial charge in [0.05, 0.1) is 0 Å². The topological polar surface area (TPSA) is 82.1 Å². The van der Waals surface area contributed by atoms with E-state index in [1.807, 2.05) is 30.3 Å². The Labute approximate surface area is 91.1 Å². The third kappa shape index (κ3) is 1.90. The average molecular weight is 219 g/mol. The van der Waals surface area contributed by atoms with E-state index >= 15 is 0 Å². The van der Waals surface area contributed by atoms with Crippen LogP contribution in [0.4, 0.5) is 0 Å². The molecule has 0 fully saturated rings. The van der Waals surface area contributed by atoms with Crippen LogP contribution in [0.2, 0.25) is 0 Å². The summed E-state index contributed by atoms with van der Waals surface area (Å²) in [6, 6.07) is 8.18. The Hall–Kier alpha value is -2.24. The molecule has 0 saturated carbocycles. The molecule has 0 spiro atoms. The number of benzene rings is 1. The van der Waals surface area contributed by atoms with Crippen molar-refractivity contribution in [2.45, 2.75) is 13.0 Å². The molecule has 0 saturated heterocycles. The predicted octanol–water partition coefficient (Wildman–Crippen LogP) is 2.07. The second-order valence-corrected chi connectivity index (χ2v) is 3.28. The summed E-state index contributed by atoms with van der Waals surface area (Å²) >= 11 is 0. The highest BCUT2D eigenvalue weighted by Gasteiger charge is 2.23. The summed E-state index contributed by atoms with van der Waals surface area (Å²) in [6.45, 7) is 1.41. The molecule has 0 bridgehead atoms. The third-order valence-electron chi connectivity index (χ3n) is 2.15. The standard InChI is InChI=1S/C10H9N3O3/c1-7(13(14)15)10-11-9(12-16-10)8-5-3-2-4-6-8/h2-7H,1H3. The van der Waals surface area contributed by atoms with Crippen LogP contribution < -0.4 is 0 Å². The van der Waals surface area contributed by atoms with E-state index < -0.39 is 11.0 Å². The lowest BCUT2D eigenvalue weighted by molar-refractivity contribution is -0.528. The van der Waals surface area contributed by atoms with Crippen LogP contribution in [0.3, 0.4) is 0 Å². The van der Waals surface area contributed by atoms with Gasteiger partial charge in [0.2, 0.25) is 5.82 Å². The number of hydrogen-bond donors (Lipinski definition) is 0. The summed E-state index contributed by atoms with van der Waals surface area (Å²) in [7, 11) is 0. The van der Waals surface area contributed by atoms with E-state index in [1.54, 1.807) is 0 Å². The van der Waals surface area contributed by atoms with Gasteiger partial charge in [-0.15, -0.1) is 0 Å². The SMILES string of the molecule is CC(c1nc(-c2ccccc2)no1)[N+](=O)[O-]. The number of nitro groups is 1. The lowest BCUT2D eigenvalue weighted by Crippen LogP contribution is -2.06. The molecule has 6 nitrogen and oxygen atoms in total. The lowest BCUT2D eigenvalue weighted by atomic mass is 10.2. The number of rotatable bonds is 3. The molecule has 0 N–H and O–H groups in total. The zero-order chi connectivity index (χ0) is 11.5. The van der Waals surface area contributed by atoms with Crippen molar-refractivity contribution in [3.05, 3.63) is 46.3 Å². The van der Waals surface area contributed by atoms with Gasteiger partial charge in [0.25, 0.3) is 6.04 Å². The molecule has 1 heterocycles. The second-order valence-electron chi connectivity index (χ2n) is 3.28. The molecule has 0 radical (unpaired) electrons. The fourth-order valence-electron chi connectivity index (χ4n) is 1.20. The summed E-state index contributed by atoms with van der Waals surface area (Å²) < 4.78 is 4.84. The quantitative estimate of drug-likeness (QED) is 0.583. The van der Waals surface area contributed by atoms with Gasteiger partial charge in [-0.2, -0.15) is 4.98 Å². The zero-order valence-corrected chi connectivity index (χ0v) is 8.53. The first-order valence-electron chi connectivity index (χ1n) is 4.71. The van der Waals surface area contributed by atoms with E-state index in [9.17, 15) is 10.1 Å². The Bertz CT molecular complexity index is 495. The van der Waals surface area contributed by atoms with Gasteiger partial charge in [0.1, 0.15) is 0 Å². The van der Waals surface area contributed by atoms with Gasteiger partial charge in [-0.05, 0) is 0 Å². The summed E-state index contributed by atoms with van der Waals surface area (Å²) in [6.07, 6.45) is 0. The minimum Gasteiger partial charge on any atom is -0.331 e. The van der Waals surface area contributed by atoms with Gasteiger partial charge in [-0.1, -0.05) is 35.5 Å². The Balaban J connectivity index is 2.30. The Morgan fingerprint density at radius 3 is 2.69 bits per heavy atom. The van der Waals surface area contributed by atoms with E-state index in [4.69, 9.17) is 4.52 Å². The van der Waals surface area contributed by atoms with Crippen LogP contribution in [0.15, 0.2) is 34.9 Å². The van der Waals surface area contributed by atoms with E-state index in [0.717, 1.165) is 5.56 Å². The molecule has 6 heteroatoms. The molecule has 1 aromatic carbocycles. The normalized spacial score (nSPS) is 12.3. The van der Waals surface area contributed by atoms with Crippen molar-refractivity contribution in [2.75, 3.05) is 0 Å². The zero-order valence-electron chi connectivity index (χ0n) is 8.53. The molecule has 2 aromatic rings. The molecule has 0 aliphatic carbocycles. The van der Waals surface area contributed by atoms with Crippen LogP contribution in [0.5, 0.6) is 0 Å². The van der Waals surface area contributed by atoms with Crippen molar-refractivity contribution in [2.24, 2.45) is 0 Å². The molecule has 82 valence electrons. The average Bonchev–Trinajstić information content (AvgIpc) is 2.78. The Morgan fingerprint density at radius 2 is 2.06 bits per heavy atom. The maximum atomic E-state index is 10.5. The Kier molecular flexibility index (Phi) is 2.63. The highest BCUT2D eigenvalue weighted by molar-refractivity contribution is 5.53. The summed E-state index contributed by atoms with van der Waals surface area (Å²) in [5, 5.41) is 14.2. The molecule has 1 atom stereocenters. The highest BCUT2D eigenvalue weighted by Crippen LogP contribution is 2.19. The molecular formula is C10H9N3O3. The van der Waals surface area contributed by atoms with Gasteiger partial charge < -0.3 is 4.52 Å². The summed E-state index contributed by atoms with van der Waals surface area (Å²) in [5.41, 5.74) is 0.771. The van der Waals surface area contributed by atoms with Crippen LogP contribution in [-0.2, 0) is 0 Å². The van der Waals surface area contributed by atoms with Crippen molar-refractivity contribution in [1.29, 1.82) is 0 Å². The summed E-state index contributed by atoms with van der Waals surface area (Å²) in [4.78, 5) is 14.0. The van der Waals surface area contributed by atoms with E-state index in [2.05, 4.69) is 10.1 Å². The first-order chi connectivity index (χ1) is 7.68. The van der Waals surface area contributed by atoms with E-state index in [1.165, 1.54) is 6.92 Å². The second kappa shape index (κ2) is 4.09. The van der Waals surface area contributed by atoms with Gasteiger partial charge in [0, 0.05) is 17.4 Å².